The van der Waals surface area contributed by atoms with Crippen LogP contribution in [0.25, 0.3) is 22.3 Å². The number of aryl methyl sites for hydroxylation is 1. The molecule has 1 atom stereocenters. The first-order chi connectivity index (χ1) is 18.7. The van der Waals surface area contributed by atoms with Crippen LogP contribution < -0.4 is 4.90 Å². The summed E-state index contributed by atoms with van der Waals surface area (Å²) in [5.74, 6) is -0.614. The van der Waals surface area contributed by atoms with Crippen LogP contribution in [0, 0.1) is 12.7 Å². The lowest BCUT2D eigenvalue weighted by Crippen LogP contribution is -2.49. The molecule has 4 aromatic rings. The quantitative estimate of drug-likeness (QED) is 0.360. The van der Waals surface area contributed by atoms with E-state index in [1.807, 2.05) is 24.3 Å². The number of rotatable bonds is 4. The highest BCUT2D eigenvalue weighted by atomic mass is 35.5. The summed E-state index contributed by atoms with van der Waals surface area (Å²) in [5, 5.41) is 5.88. The van der Waals surface area contributed by atoms with Crippen molar-refractivity contribution in [2.24, 2.45) is 0 Å². The molecule has 0 radical (unpaired) electrons. The molecular weight excluding hydrogens is 541 g/mol. The molecule has 8 nitrogen and oxygen atoms in total. The van der Waals surface area contributed by atoms with Crippen LogP contribution in [0.3, 0.4) is 0 Å². The summed E-state index contributed by atoms with van der Waals surface area (Å²) in [6.07, 6.45) is 0.414. The first-order valence-corrected chi connectivity index (χ1v) is 15.1. The second kappa shape index (κ2) is 9.91. The van der Waals surface area contributed by atoms with Gasteiger partial charge in [0.05, 0.1) is 50.6 Å². The van der Waals surface area contributed by atoms with Crippen LogP contribution >= 0.6 is 11.6 Å². The minimum atomic E-state index is -3.18. The van der Waals surface area contributed by atoms with Gasteiger partial charge < -0.3 is 9.80 Å². The Bertz CT molecular complexity index is 1700. The molecule has 202 valence electrons. The van der Waals surface area contributed by atoms with Gasteiger partial charge in [-0.15, -0.1) is 0 Å². The first-order valence-electron chi connectivity index (χ1n) is 12.9. The van der Waals surface area contributed by atoms with Crippen molar-refractivity contribution in [1.29, 1.82) is 0 Å². The van der Waals surface area contributed by atoms with Crippen molar-refractivity contribution in [3.05, 3.63) is 76.7 Å². The highest BCUT2D eigenvalue weighted by Crippen LogP contribution is 2.34. The molecule has 2 fully saturated rings. The Hall–Kier alpha value is -3.50. The van der Waals surface area contributed by atoms with Gasteiger partial charge in [0.1, 0.15) is 5.82 Å². The number of carbonyl (C=O) groups is 1. The molecule has 11 heteroatoms. The van der Waals surface area contributed by atoms with Gasteiger partial charge in [0.25, 0.3) is 5.91 Å². The number of benzene rings is 2. The lowest BCUT2D eigenvalue weighted by atomic mass is 10.0. The largest absolute Gasteiger partial charge is 0.367 e. The lowest BCUT2D eigenvalue weighted by molar-refractivity contribution is 0.0748. The van der Waals surface area contributed by atoms with Gasteiger partial charge in [-0.05, 0) is 43.7 Å². The van der Waals surface area contributed by atoms with E-state index in [2.05, 4.69) is 10.00 Å². The minimum Gasteiger partial charge on any atom is -0.367 e. The number of nitrogens with zero attached hydrogens (tertiary/aromatic N) is 5. The maximum absolute atomic E-state index is 14.9. The van der Waals surface area contributed by atoms with Gasteiger partial charge in [0.2, 0.25) is 0 Å². The fraction of sp³-hybridized carbons (Fsp3) is 0.321. The molecule has 6 rings (SSSR count). The lowest BCUT2D eigenvalue weighted by Gasteiger charge is -2.36. The second-order valence-electron chi connectivity index (χ2n) is 10.1. The number of amides is 1. The van der Waals surface area contributed by atoms with Crippen molar-refractivity contribution in [2.75, 3.05) is 42.6 Å². The Morgan fingerprint density at radius 1 is 1.05 bits per heavy atom. The van der Waals surface area contributed by atoms with E-state index in [-0.39, 0.29) is 23.0 Å². The molecule has 0 bridgehead atoms. The van der Waals surface area contributed by atoms with E-state index in [1.165, 1.54) is 6.07 Å². The van der Waals surface area contributed by atoms with Gasteiger partial charge in [0.15, 0.2) is 15.5 Å². The van der Waals surface area contributed by atoms with E-state index in [0.29, 0.717) is 65.6 Å². The third-order valence-electron chi connectivity index (χ3n) is 7.53. The average molecular weight is 568 g/mol. The Kier molecular flexibility index (Phi) is 6.55. The van der Waals surface area contributed by atoms with Crippen LogP contribution in [0.5, 0.6) is 0 Å². The monoisotopic (exact) mass is 567 g/mol. The number of sulfone groups is 1. The van der Waals surface area contributed by atoms with Gasteiger partial charge in [0, 0.05) is 31.7 Å². The zero-order chi connectivity index (χ0) is 27.3. The molecule has 2 aliphatic heterocycles. The summed E-state index contributed by atoms with van der Waals surface area (Å²) in [4.78, 5) is 22.7. The molecule has 4 heterocycles. The van der Waals surface area contributed by atoms with Crippen LogP contribution in [0.4, 0.5) is 10.1 Å². The standard InChI is InChI=1S/C28H27ClFN5O3S/c1-18-26-21(28(36)34-13-11-33(12-14-34)25-9-5-3-7-22(25)29)16-24(20-6-2-4-8-23(20)30)31-27(26)35(32-18)19-10-15-39(37,38)17-19/h2-9,16,19H,10-15,17H2,1H3. The molecule has 1 unspecified atom stereocenters. The number of hydrogen-bond donors (Lipinski definition) is 0. The maximum Gasteiger partial charge on any atom is 0.254 e. The molecule has 2 saturated heterocycles. The van der Waals surface area contributed by atoms with Crippen LogP contribution in [0.1, 0.15) is 28.5 Å². The molecule has 0 aliphatic carbocycles. The Morgan fingerprint density at radius 3 is 2.46 bits per heavy atom. The number of hydrogen-bond acceptors (Lipinski definition) is 6. The van der Waals surface area contributed by atoms with Crippen molar-refractivity contribution >= 4 is 44.1 Å². The van der Waals surface area contributed by atoms with Crippen LogP contribution in [-0.2, 0) is 9.84 Å². The van der Waals surface area contributed by atoms with Gasteiger partial charge >= 0.3 is 0 Å². The summed E-state index contributed by atoms with van der Waals surface area (Å²) in [6, 6.07) is 15.2. The van der Waals surface area contributed by atoms with Crippen molar-refractivity contribution in [3.63, 3.8) is 0 Å². The zero-order valence-electron chi connectivity index (χ0n) is 21.3. The molecule has 0 saturated carbocycles. The fourth-order valence-corrected chi connectivity index (χ4v) is 7.49. The number of fused-ring (bicyclic) bond motifs is 1. The first kappa shape index (κ1) is 25.8. The van der Waals surface area contributed by atoms with E-state index in [1.54, 1.807) is 40.8 Å². The smallest absolute Gasteiger partial charge is 0.254 e. The van der Waals surface area contributed by atoms with Crippen molar-refractivity contribution in [3.8, 4) is 11.3 Å². The van der Waals surface area contributed by atoms with Gasteiger partial charge in [-0.3, -0.25) is 4.79 Å². The number of piperazine rings is 1. The topological polar surface area (TPSA) is 88.4 Å². The maximum atomic E-state index is 14.9. The normalized spacial score (nSPS) is 19.1. The van der Waals surface area contributed by atoms with Crippen molar-refractivity contribution in [2.45, 2.75) is 19.4 Å². The Morgan fingerprint density at radius 2 is 1.77 bits per heavy atom. The molecule has 39 heavy (non-hydrogen) atoms. The predicted octanol–water partition coefficient (Wildman–Crippen LogP) is 4.52. The number of halogens is 2. The predicted molar refractivity (Wildman–Crippen MR) is 150 cm³/mol. The zero-order valence-corrected chi connectivity index (χ0v) is 22.9. The highest BCUT2D eigenvalue weighted by Gasteiger charge is 2.33. The van der Waals surface area contributed by atoms with Gasteiger partial charge in [-0.25, -0.2) is 22.5 Å². The van der Waals surface area contributed by atoms with E-state index < -0.39 is 21.7 Å². The van der Waals surface area contributed by atoms with Gasteiger partial charge in [-0.1, -0.05) is 35.9 Å². The molecule has 2 aliphatic rings. The molecular formula is C28H27ClFN5O3S. The average Bonchev–Trinajstić information content (AvgIpc) is 3.47. The molecule has 0 spiro atoms. The number of aromatic nitrogens is 3. The van der Waals surface area contributed by atoms with E-state index in [4.69, 9.17) is 16.6 Å². The third kappa shape index (κ3) is 4.76. The Labute approximate surface area is 230 Å². The SMILES string of the molecule is Cc1nn(C2CCS(=O)(=O)C2)c2nc(-c3ccccc3F)cc(C(=O)N3CCN(c4ccccc4Cl)CC3)c12. The molecule has 2 aromatic heterocycles. The number of anilines is 1. The second-order valence-corrected chi connectivity index (χ2v) is 12.7. The van der Waals surface area contributed by atoms with Crippen LogP contribution in [0.2, 0.25) is 5.02 Å². The summed E-state index contributed by atoms with van der Waals surface area (Å²) >= 11 is 6.39. The van der Waals surface area contributed by atoms with Crippen LogP contribution in [-0.4, -0.2) is 71.7 Å². The summed E-state index contributed by atoms with van der Waals surface area (Å²) in [5.41, 5.74) is 2.87. The molecule has 1 amide bonds. The van der Waals surface area contributed by atoms with E-state index in [0.717, 1.165) is 5.69 Å². The minimum absolute atomic E-state index is 0.0396. The Balaban J connectivity index is 1.40. The van der Waals surface area contributed by atoms with E-state index in [9.17, 15) is 17.6 Å². The number of pyridine rings is 1. The number of para-hydroxylation sites is 1. The summed E-state index contributed by atoms with van der Waals surface area (Å²) in [6.45, 7) is 3.98. The number of carbonyl (C=O) groups excluding carboxylic acids is 1. The van der Waals surface area contributed by atoms with Crippen molar-refractivity contribution < 1.29 is 17.6 Å². The van der Waals surface area contributed by atoms with Gasteiger partial charge in [-0.2, -0.15) is 5.10 Å². The van der Waals surface area contributed by atoms with Crippen LogP contribution in [0.15, 0.2) is 54.6 Å². The third-order valence-corrected chi connectivity index (χ3v) is 9.60. The molecule has 2 aromatic carbocycles. The molecule has 0 N–H and O–H groups in total. The highest BCUT2D eigenvalue weighted by molar-refractivity contribution is 7.91. The summed E-state index contributed by atoms with van der Waals surface area (Å²) in [7, 11) is -3.18. The fourth-order valence-electron chi connectivity index (χ4n) is 5.54. The summed E-state index contributed by atoms with van der Waals surface area (Å²) < 4.78 is 40.9. The van der Waals surface area contributed by atoms with Crippen molar-refractivity contribution in [1.82, 2.24) is 19.7 Å². The van der Waals surface area contributed by atoms with E-state index >= 15 is 0 Å².